The number of unbranched alkanes of at least 4 members (excludes halogenated alkanes) is 24. The zero-order valence-electron chi connectivity index (χ0n) is 47.7. The van der Waals surface area contributed by atoms with Crippen molar-refractivity contribution < 1.29 is 25.3 Å². The summed E-state index contributed by atoms with van der Waals surface area (Å²) in [6, 6.07) is 21.8. The first-order chi connectivity index (χ1) is 36.8. The molecule has 7 nitrogen and oxygen atoms in total. The Morgan fingerprint density at radius 2 is 0.763 bits per heavy atom. The van der Waals surface area contributed by atoms with Crippen LogP contribution in [0.5, 0.6) is 0 Å². The van der Waals surface area contributed by atoms with E-state index in [9.17, 15) is 25.3 Å². The molecule has 3 aliphatic rings. The van der Waals surface area contributed by atoms with Gasteiger partial charge in [-0.15, -0.1) is 0 Å². The van der Waals surface area contributed by atoms with Crippen LogP contribution in [0.4, 0.5) is 0 Å². The van der Waals surface area contributed by atoms with E-state index in [0.29, 0.717) is 25.1 Å². The molecule has 6 rings (SSSR count). The average Bonchev–Trinajstić information content (AvgIpc) is 3.96. The van der Waals surface area contributed by atoms with Crippen LogP contribution in [-0.4, -0.2) is 43.3 Å². The van der Waals surface area contributed by atoms with Gasteiger partial charge in [-0.3, -0.25) is 4.99 Å². The lowest BCUT2D eigenvalue weighted by atomic mass is 9.88. The maximum atomic E-state index is 12.5. The van der Waals surface area contributed by atoms with E-state index in [1.807, 2.05) is 42.5 Å². The molecular weight excluding hydrogens is 1070 g/mol. The molecule has 0 fully saturated rings. The Morgan fingerprint density at radius 3 is 1.21 bits per heavy atom. The molecule has 0 N–H and O–H groups in total. The van der Waals surface area contributed by atoms with Crippen LogP contribution >= 0.6 is 15.9 Å². The van der Waals surface area contributed by atoms with Gasteiger partial charge in [0.15, 0.2) is 9.84 Å². The summed E-state index contributed by atoms with van der Waals surface area (Å²) in [4.78, 5) is 6.23. The van der Waals surface area contributed by atoms with Crippen LogP contribution in [0.2, 0.25) is 0 Å². The normalized spacial score (nSPS) is 16.6. The minimum Gasteiger partial charge on any atom is -0.288 e. The molecule has 0 amide bonds. The first kappa shape index (κ1) is 65.7. The highest BCUT2D eigenvalue weighted by Gasteiger charge is 2.31. The fourth-order valence-corrected chi connectivity index (χ4v) is 16.6. The molecule has 0 saturated heterocycles. The molecule has 0 saturated carbocycles. The molecule has 3 aliphatic heterocycles. The molecular formula is C65H100BrNO6S3. The minimum absolute atomic E-state index is 0.0772. The Bertz CT molecular complexity index is 2550. The van der Waals surface area contributed by atoms with Crippen LogP contribution in [0.25, 0.3) is 10.1 Å². The van der Waals surface area contributed by atoms with E-state index in [1.165, 1.54) is 216 Å². The van der Waals surface area contributed by atoms with Crippen LogP contribution < -0.4 is 0 Å². The van der Waals surface area contributed by atoms with Crippen molar-refractivity contribution in [1.29, 1.82) is 0 Å². The molecule has 0 aromatic heterocycles. The number of hydrogen-bond acceptors (Lipinski definition) is 7. The second kappa shape index (κ2) is 37.1. The van der Waals surface area contributed by atoms with Gasteiger partial charge in [0.2, 0.25) is 19.7 Å². The number of halogens is 1. The summed E-state index contributed by atoms with van der Waals surface area (Å²) in [6.45, 7) is 9.87. The van der Waals surface area contributed by atoms with E-state index < -0.39 is 29.5 Å². The molecule has 3 heterocycles. The molecule has 3 aromatic rings. The molecule has 0 radical (unpaired) electrons. The number of aliphatic imine (C=N–C) groups is 1. The first-order valence-electron chi connectivity index (χ1n) is 30.4. The van der Waals surface area contributed by atoms with Gasteiger partial charge in [0.05, 0.1) is 31.6 Å². The Balaban J connectivity index is 0.000000269. The lowest BCUT2D eigenvalue weighted by Gasteiger charge is -2.17. The first-order valence-corrected chi connectivity index (χ1v) is 35.9. The summed E-state index contributed by atoms with van der Waals surface area (Å²) < 4.78 is 73.2. The maximum absolute atomic E-state index is 12.5. The van der Waals surface area contributed by atoms with Gasteiger partial charge in [-0.05, 0) is 82.8 Å². The van der Waals surface area contributed by atoms with Crippen molar-refractivity contribution in [3.8, 4) is 0 Å². The number of sulfone groups is 3. The van der Waals surface area contributed by atoms with Gasteiger partial charge in [0.1, 0.15) is 0 Å². The molecule has 76 heavy (non-hydrogen) atoms. The number of allylic oxidation sites excluding steroid dienone is 1. The SMILES string of the molecule is CCCCCCCCCCC(CCCCCCCC)CCC1=CS(=O)(=O)c2ccccc21.CCCCCCCCCCC(CCCCCCCC)CN=C1CS(=O)(=O)c2ccccc21.O=S1(=O)C=C(Br)c2ccccc21. The molecule has 426 valence electrons. The Hall–Kier alpha value is -2.86. The minimum atomic E-state index is -3.23. The lowest BCUT2D eigenvalue weighted by Crippen LogP contribution is -2.11. The third kappa shape index (κ3) is 23.8. The zero-order valence-corrected chi connectivity index (χ0v) is 51.7. The fourth-order valence-electron chi connectivity index (χ4n) is 11.0. The standard InChI is InChI=1S/C29H48O2S.C28H47NO2S.C8H5BrO2S/c1-3-5-7-9-11-12-14-16-20-26(19-15-13-10-8-6-4-2)23-24-27-25-32(30,31)29-22-18-17-21-28(27)29;1-3-5-7-9-11-12-14-16-20-25(19-15-13-10-8-6-4-2)23-29-27-24-32(30,31)28-22-18-17-21-26(27)28;9-7-5-12(10,11)8-4-2-1-3-6(7)8/h17-18,21-22,25-26H,3-16,19-20,23-24H2,1-2H3;17-18,21-22,25H,3-16,19-20,23-24H2,1-2H3;1-5H. The van der Waals surface area contributed by atoms with Gasteiger partial charge in [0, 0.05) is 27.6 Å². The Labute approximate surface area is 473 Å². The van der Waals surface area contributed by atoms with E-state index in [1.54, 1.807) is 30.3 Å². The van der Waals surface area contributed by atoms with Crippen molar-refractivity contribution in [3.63, 3.8) is 0 Å². The van der Waals surface area contributed by atoms with Crippen LogP contribution in [0.1, 0.15) is 263 Å². The topological polar surface area (TPSA) is 115 Å². The van der Waals surface area contributed by atoms with Gasteiger partial charge >= 0.3 is 0 Å². The van der Waals surface area contributed by atoms with E-state index in [-0.39, 0.29) is 5.75 Å². The van der Waals surface area contributed by atoms with Gasteiger partial charge in [0.25, 0.3) is 0 Å². The molecule has 0 bridgehead atoms. The van der Waals surface area contributed by atoms with Crippen LogP contribution in [0, 0.1) is 11.8 Å². The maximum Gasteiger partial charge on any atom is 0.201 e. The number of fused-ring (bicyclic) bond motifs is 3. The van der Waals surface area contributed by atoms with E-state index in [2.05, 4.69) is 43.6 Å². The largest absolute Gasteiger partial charge is 0.288 e. The van der Waals surface area contributed by atoms with Crippen molar-refractivity contribution in [2.45, 2.75) is 261 Å². The summed E-state index contributed by atoms with van der Waals surface area (Å²) in [5.41, 5.74) is 4.34. The van der Waals surface area contributed by atoms with Gasteiger partial charge < -0.3 is 0 Å². The van der Waals surface area contributed by atoms with Gasteiger partial charge in [-0.25, -0.2) is 25.3 Å². The predicted octanol–water partition coefficient (Wildman–Crippen LogP) is 19.8. The third-order valence-electron chi connectivity index (χ3n) is 15.6. The fraction of sp³-hybridized carbons (Fsp3) is 0.646. The lowest BCUT2D eigenvalue weighted by molar-refractivity contribution is 0.384. The van der Waals surface area contributed by atoms with Crippen LogP contribution in [-0.2, 0) is 29.5 Å². The molecule has 2 atom stereocenters. The highest BCUT2D eigenvalue weighted by Crippen LogP contribution is 2.38. The van der Waals surface area contributed by atoms with Gasteiger partial charge in [-0.2, -0.15) is 0 Å². The number of hydrogen-bond donors (Lipinski definition) is 0. The average molecular weight is 1170 g/mol. The summed E-state index contributed by atoms with van der Waals surface area (Å²) in [5.74, 6) is 1.40. The molecule has 3 aromatic carbocycles. The highest BCUT2D eigenvalue weighted by molar-refractivity contribution is 9.15. The number of rotatable bonds is 37. The zero-order chi connectivity index (χ0) is 54.9. The van der Waals surface area contributed by atoms with Gasteiger partial charge in [-0.1, -0.05) is 275 Å². The second-order valence-corrected chi connectivity index (χ2v) is 28.5. The Kier molecular flexibility index (Phi) is 32.1. The molecule has 0 aliphatic carbocycles. The van der Waals surface area contributed by atoms with Crippen molar-refractivity contribution in [2.24, 2.45) is 16.8 Å². The summed E-state index contributed by atoms with van der Waals surface area (Å²) in [6.07, 6.45) is 44.9. The van der Waals surface area contributed by atoms with E-state index in [0.717, 1.165) is 53.3 Å². The van der Waals surface area contributed by atoms with Crippen LogP contribution in [0.15, 0.2) is 103 Å². The van der Waals surface area contributed by atoms with E-state index in [4.69, 9.17) is 4.99 Å². The highest BCUT2D eigenvalue weighted by atomic mass is 79.9. The predicted molar refractivity (Wildman–Crippen MR) is 329 cm³/mol. The summed E-state index contributed by atoms with van der Waals surface area (Å²) in [7, 11) is -9.59. The Morgan fingerprint density at radius 1 is 0.408 bits per heavy atom. The quantitative estimate of drug-likeness (QED) is 0.0531. The summed E-state index contributed by atoms with van der Waals surface area (Å²) in [5, 5.41) is 2.77. The van der Waals surface area contributed by atoms with E-state index >= 15 is 0 Å². The number of benzene rings is 3. The third-order valence-corrected chi connectivity index (χ3v) is 21.3. The monoisotopic (exact) mass is 1170 g/mol. The molecule has 2 unspecified atom stereocenters. The van der Waals surface area contributed by atoms with Crippen molar-refractivity contribution >= 4 is 61.2 Å². The smallest absolute Gasteiger partial charge is 0.201 e. The van der Waals surface area contributed by atoms with Crippen molar-refractivity contribution in [2.75, 3.05) is 12.3 Å². The van der Waals surface area contributed by atoms with Crippen molar-refractivity contribution in [1.82, 2.24) is 0 Å². The second-order valence-electron chi connectivity index (χ2n) is 22.1. The molecule has 0 spiro atoms. The van der Waals surface area contributed by atoms with Crippen LogP contribution in [0.3, 0.4) is 0 Å². The number of nitrogens with zero attached hydrogens (tertiary/aromatic N) is 1. The summed E-state index contributed by atoms with van der Waals surface area (Å²) >= 11 is 3.19. The molecule has 11 heteroatoms. The van der Waals surface area contributed by atoms with Crippen molar-refractivity contribution in [3.05, 3.63) is 100 Å².